The average molecular weight is 648 g/mol. The van der Waals surface area contributed by atoms with E-state index in [2.05, 4.69) is 44.9 Å². The third-order valence-corrected chi connectivity index (χ3v) is 6.11. The minimum atomic E-state index is 0. The van der Waals surface area contributed by atoms with Gasteiger partial charge in [-0.25, -0.2) is 9.78 Å². The molecule has 2 aromatic heterocycles. The molecule has 0 spiro atoms. The van der Waals surface area contributed by atoms with E-state index in [1.54, 1.807) is 10.9 Å². The van der Waals surface area contributed by atoms with Gasteiger partial charge in [-0.15, -0.1) is 29.2 Å². The molecule has 0 saturated carbocycles. The zero-order chi connectivity index (χ0) is 28.8. The summed E-state index contributed by atoms with van der Waals surface area (Å²) >= 11 is 0. The monoisotopic (exact) mass is 646 g/mol. The van der Waals surface area contributed by atoms with Crippen LogP contribution in [0.3, 0.4) is 0 Å². The number of hydrogen-bond donors (Lipinski definition) is 0. The van der Waals surface area contributed by atoms with Crippen LogP contribution in [0, 0.1) is 18.5 Å². The summed E-state index contributed by atoms with van der Waals surface area (Å²) in [5.74, 6) is 2.53. The number of halogens is 1. The molecule has 7 rings (SSSR count). The first-order chi connectivity index (χ1) is 20.8. The van der Waals surface area contributed by atoms with E-state index in [1.165, 1.54) is 0 Å². The second kappa shape index (κ2) is 18.0. The fourth-order valence-corrected chi connectivity index (χ4v) is 4.07. The van der Waals surface area contributed by atoms with Crippen molar-refractivity contribution in [2.45, 2.75) is 0 Å². The smallest absolute Gasteiger partial charge is 1.00 e. The molecule has 210 valence electrons. The van der Waals surface area contributed by atoms with Crippen molar-refractivity contribution in [1.29, 1.82) is 0 Å². The Morgan fingerprint density at radius 3 is 1.50 bits per heavy atom. The molecular formula is C36H27BrMgN6. The Morgan fingerprint density at radius 1 is 0.545 bits per heavy atom. The summed E-state index contributed by atoms with van der Waals surface area (Å²) in [5, 5.41) is 16.1. The molecule has 0 amide bonds. The van der Waals surface area contributed by atoms with Crippen molar-refractivity contribution in [3.05, 3.63) is 170 Å². The number of rotatable bonds is 4. The van der Waals surface area contributed by atoms with E-state index in [9.17, 15) is 0 Å². The summed E-state index contributed by atoms with van der Waals surface area (Å²) in [7, 11) is 0. The van der Waals surface area contributed by atoms with Crippen LogP contribution in [-0.2, 0) is 0 Å². The van der Waals surface area contributed by atoms with E-state index in [-0.39, 0.29) is 40.0 Å². The second-order valence-electron chi connectivity index (χ2n) is 8.91. The van der Waals surface area contributed by atoms with Crippen LogP contribution in [0.4, 0.5) is 0 Å². The van der Waals surface area contributed by atoms with E-state index < -0.39 is 0 Å². The first kappa shape index (κ1) is 33.7. The molecule has 8 heteroatoms. The van der Waals surface area contributed by atoms with Crippen LogP contribution in [0.15, 0.2) is 158 Å². The van der Waals surface area contributed by atoms with E-state index in [0.29, 0.717) is 0 Å². The maximum absolute atomic E-state index is 5.10. The largest absolute Gasteiger partial charge is 2.00 e. The Morgan fingerprint density at radius 2 is 1.00 bits per heavy atom. The molecule has 0 radical (unpaired) electrons. The van der Waals surface area contributed by atoms with E-state index >= 15 is 0 Å². The summed E-state index contributed by atoms with van der Waals surface area (Å²) in [6.45, 7) is 0. The average Bonchev–Trinajstić information content (AvgIpc) is 3.79. The Bertz CT molecular complexity index is 1600. The van der Waals surface area contributed by atoms with Crippen LogP contribution in [0.5, 0.6) is 0 Å². The molecule has 0 saturated heterocycles. The van der Waals surface area contributed by atoms with Gasteiger partial charge in [0, 0.05) is 11.1 Å². The number of benzene rings is 5. The molecule has 0 aliphatic carbocycles. The molecule has 44 heavy (non-hydrogen) atoms. The number of nitrogens with zero attached hydrogens (tertiary/aromatic N) is 6. The van der Waals surface area contributed by atoms with Crippen LogP contribution >= 0.6 is 0 Å². The molecule has 0 bridgehead atoms. The van der Waals surface area contributed by atoms with E-state index in [1.807, 2.05) is 144 Å². The van der Waals surface area contributed by atoms with Crippen molar-refractivity contribution in [2.75, 3.05) is 0 Å². The van der Waals surface area contributed by atoms with Gasteiger partial charge in [0.15, 0.2) is 0 Å². The number of para-hydroxylation sites is 2. The van der Waals surface area contributed by atoms with Crippen LogP contribution < -0.4 is 17.0 Å². The fraction of sp³-hybridized carbons (Fsp3) is 0. The Labute approximate surface area is 284 Å². The van der Waals surface area contributed by atoms with Gasteiger partial charge in [-0.1, -0.05) is 131 Å². The van der Waals surface area contributed by atoms with Crippen LogP contribution in [-0.4, -0.2) is 53.0 Å². The quantitative estimate of drug-likeness (QED) is 0.165. The Kier molecular flexibility index (Phi) is 13.8. The minimum absolute atomic E-state index is 0. The summed E-state index contributed by atoms with van der Waals surface area (Å²) in [6, 6.07) is 49.7. The summed E-state index contributed by atoms with van der Waals surface area (Å²) in [5.41, 5.74) is 6.98. The number of aromatic nitrogens is 6. The van der Waals surface area contributed by atoms with Crippen molar-refractivity contribution in [3.63, 3.8) is 0 Å². The van der Waals surface area contributed by atoms with Crippen molar-refractivity contribution in [2.24, 2.45) is 0 Å². The summed E-state index contributed by atoms with van der Waals surface area (Å²) in [4.78, 5) is 0. The van der Waals surface area contributed by atoms with Gasteiger partial charge in [0.25, 0.3) is 0 Å². The van der Waals surface area contributed by atoms with Crippen molar-refractivity contribution >= 4 is 23.1 Å². The van der Waals surface area contributed by atoms with E-state index in [0.717, 1.165) is 39.5 Å². The Hall–Kier alpha value is -4.81. The predicted octanol–water partition coefficient (Wildman–Crippen LogP) is 3.96. The zero-order valence-electron chi connectivity index (χ0n) is 23.9. The van der Waals surface area contributed by atoms with Crippen LogP contribution in [0.25, 0.3) is 33.9 Å². The van der Waals surface area contributed by atoms with Crippen molar-refractivity contribution in [1.82, 2.24) is 30.0 Å². The van der Waals surface area contributed by atoms with Gasteiger partial charge in [-0.3, -0.25) is 4.68 Å². The van der Waals surface area contributed by atoms with E-state index in [4.69, 9.17) is 6.42 Å². The molecule has 0 unspecified atom stereocenters. The zero-order valence-corrected chi connectivity index (χ0v) is 26.9. The fourth-order valence-electron chi connectivity index (χ4n) is 4.07. The van der Waals surface area contributed by atoms with Crippen molar-refractivity contribution < 1.29 is 17.0 Å². The third-order valence-electron chi connectivity index (χ3n) is 6.11. The normalized spacial score (nSPS) is 9.43. The molecule has 0 aliphatic heterocycles. The third kappa shape index (κ3) is 9.09. The standard InChI is InChI=1S/C14H11N3.C14H10N3.C8H6.BrH.Mg/c2*1-3-7-12(8-4-1)14-11-15-16-17(14)13-9-5-2-6-10-13;1-2-8-6-4-3-5-7-8;;/h1-11H;1-10H;1,3-7H;1H;/q;-1;;;+2/p-1. The molecule has 0 aliphatic rings. The van der Waals surface area contributed by atoms with Crippen molar-refractivity contribution in [3.8, 4) is 46.2 Å². The first-order valence-electron chi connectivity index (χ1n) is 13.3. The SMILES string of the molecule is C#Cc1ccccc1.[Br-].[Mg+2].[c-]1nnn(-c2ccccc2)c1-c1ccccc1.c1ccc(-c2cnnn2-c2ccccc2)cc1. The number of terminal acetylenes is 1. The maximum atomic E-state index is 5.10. The Balaban J connectivity index is 0.000000187. The molecule has 2 heterocycles. The minimum Gasteiger partial charge on any atom is -1.00 e. The molecular weight excluding hydrogens is 621 g/mol. The van der Waals surface area contributed by atoms with Gasteiger partial charge in [0.1, 0.15) is 0 Å². The molecule has 0 N–H and O–H groups in total. The summed E-state index contributed by atoms with van der Waals surface area (Å²) < 4.78 is 3.63. The second-order valence-corrected chi connectivity index (χ2v) is 8.91. The van der Waals surface area contributed by atoms with Gasteiger partial charge in [-0.05, 0) is 36.4 Å². The van der Waals surface area contributed by atoms with Gasteiger partial charge >= 0.3 is 23.1 Å². The van der Waals surface area contributed by atoms with Gasteiger partial charge in [0.05, 0.1) is 23.3 Å². The molecule has 7 aromatic rings. The predicted molar refractivity (Wildman–Crippen MR) is 173 cm³/mol. The maximum Gasteiger partial charge on any atom is 2.00 e. The van der Waals surface area contributed by atoms with Crippen LogP contribution in [0.1, 0.15) is 5.56 Å². The number of hydrogen-bond acceptors (Lipinski definition) is 4. The van der Waals surface area contributed by atoms with Gasteiger partial charge in [0.2, 0.25) is 0 Å². The van der Waals surface area contributed by atoms with Gasteiger partial charge < -0.3 is 17.0 Å². The summed E-state index contributed by atoms with van der Waals surface area (Å²) in [6.07, 6.45) is 9.80. The van der Waals surface area contributed by atoms with Crippen LogP contribution in [0.2, 0.25) is 0 Å². The molecule has 5 aromatic carbocycles. The topological polar surface area (TPSA) is 61.4 Å². The van der Waals surface area contributed by atoms with Gasteiger partial charge in [-0.2, -0.15) is 0 Å². The first-order valence-corrected chi connectivity index (χ1v) is 13.3. The molecule has 6 nitrogen and oxygen atoms in total. The molecule has 0 atom stereocenters. The molecule has 0 fully saturated rings.